The first kappa shape index (κ1) is 24.1. The molecule has 0 aromatic heterocycles. The van der Waals surface area contributed by atoms with Gasteiger partial charge in [-0.15, -0.1) is 0 Å². The van der Waals surface area contributed by atoms with Crippen LogP contribution in [0.1, 0.15) is 12.0 Å². The topological polar surface area (TPSA) is 70.7 Å². The smallest absolute Gasteiger partial charge is 0.243 e. The molecule has 3 aromatic carbocycles. The minimum Gasteiger partial charge on any atom is -0.487 e. The molecular weight excluding hydrogens is 504 g/mol. The number of nitrogens with one attached hydrogen (secondary N) is 2. The van der Waals surface area contributed by atoms with Gasteiger partial charge in [0.15, 0.2) is 0 Å². The first-order valence-corrected chi connectivity index (χ1v) is 11.4. The number of hydrogen-bond acceptors (Lipinski definition) is 4. The van der Waals surface area contributed by atoms with Gasteiger partial charge >= 0.3 is 0 Å². The van der Waals surface area contributed by atoms with E-state index in [4.69, 9.17) is 39.5 Å². The fourth-order valence-electron chi connectivity index (χ4n) is 3.50. The molecule has 1 aliphatic heterocycles. The summed E-state index contributed by atoms with van der Waals surface area (Å²) in [5, 5.41) is 1.31. The highest BCUT2D eigenvalue weighted by Gasteiger charge is 2.35. The van der Waals surface area contributed by atoms with E-state index in [-0.39, 0.29) is 31.4 Å². The Bertz CT molecular complexity index is 1220. The highest BCUT2D eigenvalue weighted by Crippen LogP contribution is 2.30. The molecule has 4 rings (SSSR count). The molecule has 2 N–H and O–H groups in total. The summed E-state index contributed by atoms with van der Waals surface area (Å²) in [4.78, 5) is 26.6. The lowest BCUT2D eigenvalue weighted by atomic mass is 10.1. The van der Waals surface area contributed by atoms with Crippen LogP contribution in [-0.2, 0) is 16.2 Å². The van der Waals surface area contributed by atoms with Crippen molar-refractivity contribution in [3.05, 3.63) is 87.1 Å². The average molecular weight is 523 g/mol. The third-order valence-corrected chi connectivity index (χ3v) is 6.25. The highest BCUT2D eigenvalue weighted by atomic mass is 35.5. The van der Waals surface area contributed by atoms with E-state index in [9.17, 15) is 14.0 Å². The van der Waals surface area contributed by atoms with Gasteiger partial charge < -0.3 is 9.64 Å². The van der Waals surface area contributed by atoms with Gasteiger partial charge in [-0.1, -0.05) is 40.9 Å². The van der Waals surface area contributed by atoms with Crippen molar-refractivity contribution in [3.8, 4) is 5.75 Å². The number of nitrogens with zero attached hydrogens (tertiary/aromatic N) is 1. The van der Waals surface area contributed by atoms with E-state index in [2.05, 4.69) is 10.9 Å². The summed E-state index contributed by atoms with van der Waals surface area (Å²) < 4.78 is 19.0. The zero-order chi connectivity index (χ0) is 24.2. The zero-order valence-electron chi connectivity index (χ0n) is 17.7. The van der Waals surface area contributed by atoms with Crippen molar-refractivity contribution in [2.45, 2.75) is 13.0 Å². The maximum Gasteiger partial charge on any atom is 0.243 e. The van der Waals surface area contributed by atoms with Gasteiger partial charge in [-0.25, -0.2) is 4.39 Å². The van der Waals surface area contributed by atoms with Crippen LogP contribution in [0.4, 0.5) is 15.8 Å². The average Bonchev–Trinajstić information content (AvgIpc) is 3.21. The molecule has 0 bridgehead atoms. The van der Waals surface area contributed by atoms with Gasteiger partial charge in [-0.3, -0.25) is 20.4 Å². The molecule has 0 unspecified atom stereocenters. The van der Waals surface area contributed by atoms with E-state index < -0.39 is 11.7 Å². The van der Waals surface area contributed by atoms with E-state index >= 15 is 0 Å². The lowest BCUT2D eigenvalue weighted by Crippen LogP contribution is -2.36. The van der Waals surface area contributed by atoms with Crippen LogP contribution in [0.5, 0.6) is 5.75 Å². The summed E-state index contributed by atoms with van der Waals surface area (Å²) in [7, 11) is 0. The van der Waals surface area contributed by atoms with Gasteiger partial charge in [0.1, 0.15) is 18.2 Å². The van der Waals surface area contributed by atoms with E-state index in [1.54, 1.807) is 36.4 Å². The maximum atomic E-state index is 13.2. The molecule has 0 spiro atoms. The quantitative estimate of drug-likeness (QED) is 0.381. The Morgan fingerprint density at radius 2 is 1.79 bits per heavy atom. The van der Waals surface area contributed by atoms with Crippen LogP contribution in [0.15, 0.2) is 60.7 Å². The van der Waals surface area contributed by atoms with Crippen molar-refractivity contribution in [3.63, 3.8) is 0 Å². The van der Waals surface area contributed by atoms with Gasteiger partial charge in [0, 0.05) is 23.7 Å². The van der Waals surface area contributed by atoms with Crippen molar-refractivity contribution >= 4 is 58.0 Å². The number of hydrazine groups is 1. The molecular formula is C24H19Cl3FN3O3. The van der Waals surface area contributed by atoms with E-state index in [0.29, 0.717) is 32.2 Å². The predicted molar refractivity (Wildman–Crippen MR) is 131 cm³/mol. The van der Waals surface area contributed by atoms with E-state index in [1.807, 2.05) is 0 Å². The van der Waals surface area contributed by atoms with Crippen LogP contribution in [0.25, 0.3) is 0 Å². The Morgan fingerprint density at radius 3 is 2.53 bits per heavy atom. The number of halogens is 4. The van der Waals surface area contributed by atoms with Gasteiger partial charge in [-0.2, -0.15) is 0 Å². The van der Waals surface area contributed by atoms with Crippen LogP contribution >= 0.6 is 34.8 Å². The fourth-order valence-corrected chi connectivity index (χ4v) is 3.99. The summed E-state index contributed by atoms with van der Waals surface area (Å²) in [5.74, 6) is -1.10. The minimum atomic E-state index is -0.579. The van der Waals surface area contributed by atoms with Crippen LogP contribution in [0, 0.1) is 11.7 Å². The second-order valence-electron chi connectivity index (χ2n) is 7.67. The molecule has 10 heteroatoms. The Morgan fingerprint density at radius 1 is 1.03 bits per heavy atom. The lowest BCUT2D eigenvalue weighted by molar-refractivity contribution is -0.125. The molecule has 1 saturated heterocycles. The second-order valence-corrected chi connectivity index (χ2v) is 8.92. The molecule has 6 nitrogen and oxygen atoms in total. The molecule has 1 aliphatic rings. The highest BCUT2D eigenvalue weighted by molar-refractivity contribution is 6.42. The summed E-state index contributed by atoms with van der Waals surface area (Å²) in [6.07, 6.45) is 0.0428. The van der Waals surface area contributed by atoms with Crippen molar-refractivity contribution in [1.29, 1.82) is 0 Å². The molecule has 1 heterocycles. The molecule has 3 aromatic rings. The van der Waals surface area contributed by atoms with E-state index in [0.717, 1.165) is 5.56 Å². The standard InChI is InChI=1S/C24H19Cl3FN3O3/c25-16-2-8-22(34-13-14-1-7-19(26)20(27)9-14)21(11-16)29-30-24(33)15-10-23(32)31(12-15)18-5-3-17(28)4-6-18/h1-9,11,15,29H,10,12-13H2,(H,30,33)/t15-/m0/s1. The summed E-state index contributed by atoms with van der Waals surface area (Å²) in [5.41, 5.74) is 7.25. The monoisotopic (exact) mass is 521 g/mol. The Hall–Kier alpha value is -3.00. The predicted octanol–water partition coefficient (Wildman–Crippen LogP) is 5.86. The third kappa shape index (κ3) is 5.73. The number of hydrogen-bond donors (Lipinski definition) is 2. The second kappa shape index (κ2) is 10.5. The molecule has 1 fully saturated rings. The molecule has 0 saturated carbocycles. The minimum absolute atomic E-state index is 0.0428. The number of amides is 2. The van der Waals surface area contributed by atoms with Gasteiger partial charge in [0.05, 0.1) is 21.7 Å². The lowest BCUT2D eigenvalue weighted by Gasteiger charge is -2.18. The molecule has 34 heavy (non-hydrogen) atoms. The normalized spacial score (nSPS) is 15.4. The Kier molecular flexibility index (Phi) is 7.46. The third-order valence-electron chi connectivity index (χ3n) is 5.27. The Balaban J connectivity index is 1.38. The Labute approximate surface area is 210 Å². The number of rotatable bonds is 7. The van der Waals surface area contributed by atoms with Crippen molar-refractivity contribution in [1.82, 2.24) is 5.43 Å². The molecule has 176 valence electrons. The number of carbonyl (C=O) groups is 2. The van der Waals surface area contributed by atoms with Crippen molar-refractivity contribution in [2.75, 3.05) is 16.9 Å². The van der Waals surface area contributed by atoms with Crippen molar-refractivity contribution in [2.24, 2.45) is 5.92 Å². The fraction of sp³-hybridized carbons (Fsp3) is 0.167. The van der Waals surface area contributed by atoms with Gasteiger partial charge in [0.2, 0.25) is 11.8 Å². The number of carbonyl (C=O) groups excluding carboxylic acids is 2. The number of benzene rings is 3. The SMILES string of the molecule is O=C(NNc1cc(Cl)ccc1OCc1ccc(Cl)c(Cl)c1)[C@H]1CC(=O)N(c2ccc(F)cc2)C1. The summed E-state index contributed by atoms with van der Waals surface area (Å²) in [6.45, 7) is 0.402. The molecule has 0 radical (unpaired) electrons. The zero-order valence-corrected chi connectivity index (χ0v) is 19.9. The first-order valence-electron chi connectivity index (χ1n) is 10.3. The molecule has 0 aliphatic carbocycles. The van der Waals surface area contributed by atoms with E-state index in [1.165, 1.54) is 29.2 Å². The summed E-state index contributed by atoms with van der Waals surface area (Å²) in [6, 6.07) is 15.7. The number of ether oxygens (including phenoxy) is 1. The number of anilines is 2. The van der Waals surface area contributed by atoms with Crippen LogP contribution in [-0.4, -0.2) is 18.4 Å². The van der Waals surface area contributed by atoms with Crippen LogP contribution in [0.3, 0.4) is 0 Å². The van der Waals surface area contributed by atoms with Crippen LogP contribution in [0.2, 0.25) is 15.1 Å². The molecule has 2 amide bonds. The molecule has 1 atom stereocenters. The van der Waals surface area contributed by atoms with Crippen LogP contribution < -0.4 is 20.5 Å². The largest absolute Gasteiger partial charge is 0.487 e. The first-order chi connectivity index (χ1) is 16.3. The van der Waals surface area contributed by atoms with Gasteiger partial charge in [0.25, 0.3) is 0 Å². The van der Waals surface area contributed by atoms with Crippen molar-refractivity contribution < 1.29 is 18.7 Å². The van der Waals surface area contributed by atoms with Gasteiger partial charge in [-0.05, 0) is 60.2 Å². The summed E-state index contributed by atoms with van der Waals surface area (Å²) >= 11 is 18.1. The maximum absolute atomic E-state index is 13.2.